The highest BCUT2D eigenvalue weighted by atomic mass is 16.1. The zero-order valence-electron chi connectivity index (χ0n) is 9.92. The van der Waals surface area contributed by atoms with Crippen molar-refractivity contribution in [1.29, 1.82) is 0 Å². The minimum absolute atomic E-state index is 0.209. The van der Waals surface area contributed by atoms with E-state index in [0.29, 0.717) is 0 Å². The summed E-state index contributed by atoms with van der Waals surface area (Å²) in [5.41, 5.74) is 1.60. The lowest BCUT2D eigenvalue weighted by molar-refractivity contribution is 0.0761. The Morgan fingerprint density at radius 2 is 2.12 bits per heavy atom. The fraction of sp³-hybridized carbons (Fsp3) is 0.538. The van der Waals surface area contributed by atoms with Crippen molar-refractivity contribution >= 4 is 5.78 Å². The Bertz CT molecular complexity index is 395. The van der Waals surface area contributed by atoms with E-state index in [1.54, 1.807) is 12.4 Å². The average molecular weight is 218 g/mol. The molecule has 1 aromatic rings. The second-order valence-electron chi connectivity index (χ2n) is 4.83. The smallest absolute Gasteiger partial charge is 0.170 e. The Labute approximate surface area is 96.3 Å². The molecule has 2 heterocycles. The van der Waals surface area contributed by atoms with E-state index >= 15 is 0 Å². The number of pyridine rings is 1. The molecule has 0 atom stereocenters. The zero-order valence-corrected chi connectivity index (χ0v) is 9.92. The number of Topliss-reactive ketones (excluding diaryl/α,β-unsaturated/α-hetero) is 1. The van der Waals surface area contributed by atoms with Crippen molar-refractivity contribution in [2.24, 2.45) is 5.41 Å². The molecule has 1 aliphatic rings. The molecule has 0 bridgehead atoms. The highest BCUT2D eigenvalue weighted by molar-refractivity contribution is 6.01. The third-order valence-electron chi connectivity index (χ3n) is 3.54. The first-order chi connectivity index (χ1) is 7.63. The molecule has 1 aliphatic heterocycles. The molecule has 1 fully saturated rings. The number of nitrogens with zero attached hydrogens (tertiary/aromatic N) is 1. The topological polar surface area (TPSA) is 42.0 Å². The predicted octanol–water partition coefficient (Wildman–Crippen LogP) is 1.96. The first kappa shape index (κ1) is 11.3. The number of rotatable bonds is 2. The van der Waals surface area contributed by atoms with Gasteiger partial charge in [0.1, 0.15) is 0 Å². The van der Waals surface area contributed by atoms with E-state index in [0.717, 1.165) is 37.1 Å². The summed E-state index contributed by atoms with van der Waals surface area (Å²) in [6.07, 6.45) is 5.27. The van der Waals surface area contributed by atoms with Crippen LogP contribution in [0.15, 0.2) is 18.5 Å². The van der Waals surface area contributed by atoms with Crippen molar-refractivity contribution in [3.05, 3.63) is 29.6 Å². The van der Waals surface area contributed by atoms with Crippen LogP contribution < -0.4 is 5.32 Å². The molecule has 1 aromatic heterocycles. The Morgan fingerprint density at radius 3 is 2.75 bits per heavy atom. The Balaban J connectivity index is 2.28. The quantitative estimate of drug-likeness (QED) is 0.772. The summed E-state index contributed by atoms with van der Waals surface area (Å²) in [5.74, 6) is 0.250. The van der Waals surface area contributed by atoms with Crippen LogP contribution >= 0.6 is 0 Å². The zero-order chi connectivity index (χ0) is 11.6. The molecular weight excluding hydrogens is 200 g/mol. The molecule has 16 heavy (non-hydrogen) atoms. The lowest BCUT2D eigenvalue weighted by Gasteiger charge is -2.32. The van der Waals surface area contributed by atoms with Gasteiger partial charge in [-0.3, -0.25) is 9.78 Å². The summed E-state index contributed by atoms with van der Waals surface area (Å²) in [4.78, 5) is 16.5. The van der Waals surface area contributed by atoms with Crippen LogP contribution in [0, 0.1) is 12.3 Å². The van der Waals surface area contributed by atoms with Crippen LogP contribution in [-0.4, -0.2) is 23.9 Å². The van der Waals surface area contributed by atoms with Gasteiger partial charge in [0.2, 0.25) is 0 Å². The monoisotopic (exact) mass is 218 g/mol. The van der Waals surface area contributed by atoms with E-state index in [2.05, 4.69) is 17.2 Å². The van der Waals surface area contributed by atoms with Crippen molar-refractivity contribution in [1.82, 2.24) is 10.3 Å². The van der Waals surface area contributed by atoms with Gasteiger partial charge in [0.15, 0.2) is 5.78 Å². The van der Waals surface area contributed by atoms with Gasteiger partial charge in [0.05, 0.1) is 0 Å². The van der Waals surface area contributed by atoms with E-state index in [-0.39, 0.29) is 11.2 Å². The van der Waals surface area contributed by atoms with Gasteiger partial charge in [-0.15, -0.1) is 0 Å². The van der Waals surface area contributed by atoms with Gasteiger partial charge < -0.3 is 5.32 Å². The Morgan fingerprint density at radius 1 is 1.44 bits per heavy atom. The van der Waals surface area contributed by atoms with E-state index in [1.165, 1.54) is 0 Å². The average Bonchev–Trinajstić information content (AvgIpc) is 2.30. The van der Waals surface area contributed by atoms with Gasteiger partial charge in [0, 0.05) is 23.4 Å². The van der Waals surface area contributed by atoms with Gasteiger partial charge in [-0.1, -0.05) is 6.92 Å². The SMILES string of the molecule is Cc1ccncc1C(=O)C1(C)CCNCC1. The Hall–Kier alpha value is -1.22. The van der Waals surface area contributed by atoms with Crippen molar-refractivity contribution in [2.45, 2.75) is 26.7 Å². The molecule has 1 N–H and O–H groups in total. The standard InChI is InChI=1S/C13H18N2O/c1-10-3-6-15-9-11(10)12(16)13(2)4-7-14-8-5-13/h3,6,9,14H,4-5,7-8H2,1-2H3. The molecular formula is C13H18N2O. The molecule has 0 aromatic carbocycles. The summed E-state index contributed by atoms with van der Waals surface area (Å²) in [5, 5.41) is 3.29. The number of piperidine rings is 1. The highest BCUT2D eigenvalue weighted by Gasteiger charge is 2.35. The second-order valence-corrected chi connectivity index (χ2v) is 4.83. The van der Waals surface area contributed by atoms with Crippen LogP contribution in [0.25, 0.3) is 0 Å². The molecule has 0 unspecified atom stereocenters. The lowest BCUT2D eigenvalue weighted by Crippen LogP contribution is -2.40. The molecule has 2 rings (SSSR count). The highest BCUT2D eigenvalue weighted by Crippen LogP contribution is 2.32. The van der Waals surface area contributed by atoms with Crippen molar-refractivity contribution in [3.63, 3.8) is 0 Å². The lowest BCUT2D eigenvalue weighted by atomic mass is 9.74. The summed E-state index contributed by atoms with van der Waals surface area (Å²) in [7, 11) is 0. The van der Waals surface area contributed by atoms with Gasteiger partial charge in [0.25, 0.3) is 0 Å². The molecule has 3 nitrogen and oxygen atoms in total. The number of aromatic nitrogens is 1. The number of hydrogen-bond donors (Lipinski definition) is 1. The number of ketones is 1. The third kappa shape index (κ3) is 2.00. The van der Waals surface area contributed by atoms with Crippen LogP contribution in [0.3, 0.4) is 0 Å². The van der Waals surface area contributed by atoms with Crippen molar-refractivity contribution < 1.29 is 4.79 Å². The molecule has 0 amide bonds. The van der Waals surface area contributed by atoms with Crippen LogP contribution in [0.5, 0.6) is 0 Å². The van der Waals surface area contributed by atoms with Gasteiger partial charge in [-0.2, -0.15) is 0 Å². The van der Waals surface area contributed by atoms with Gasteiger partial charge in [-0.05, 0) is 44.5 Å². The molecule has 0 spiro atoms. The minimum atomic E-state index is -0.209. The number of hydrogen-bond acceptors (Lipinski definition) is 3. The summed E-state index contributed by atoms with van der Waals surface area (Å²) in [6.45, 7) is 5.91. The maximum atomic E-state index is 12.5. The fourth-order valence-electron chi connectivity index (χ4n) is 2.23. The van der Waals surface area contributed by atoms with Crippen molar-refractivity contribution in [2.75, 3.05) is 13.1 Å². The van der Waals surface area contributed by atoms with Crippen LogP contribution in [0.1, 0.15) is 35.7 Å². The number of carbonyl (C=O) groups is 1. The molecule has 0 saturated carbocycles. The van der Waals surface area contributed by atoms with E-state index in [4.69, 9.17) is 0 Å². The van der Waals surface area contributed by atoms with Crippen LogP contribution in [0.4, 0.5) is 0 Å². The Kier molecular flexibility index (Phi) is 3.06. The van der Waals surface area contributed by atoms with Gasteiger partial charge in [-0.25, -0.2) is 0 Å². The predicted molar refractivity (Wildman–Crippen MR) is 63.5 cm³/mol. The molecule has 86 valence electrons. The number of nitrogens with one attached hydrogen (secondary N) is 1. The summed E-state index contributed by atoms with van der Waals surface area (Å²) >= 11 is 0. The summed E-state index contributed by atoms with van der Waals surface area (Å²) in [6, 6.07) is 1.90. The van der Waals surface area contributed by atoms with E-state index in [1.807, 2.05) is 13.0 Å². The first-order valence-corrected chi connectivity index (χ1v) is 5.80. The number of aryl methyl sites for hydroxylation is 1. The van der Waals surface area contributed by atoms with E-state index < -0.39 is 0 Å². The molecule has 0 radical (unpaired) electrons. The third-order valence-corrected chi connectivity index (χ3v) is 3.54. The minimum Gasteiger partial charge on any atom is -0.317 e. The maximum absolute atomic E-state index is 12.5. The second kappa shape index (κ2) is 4.34. The largest absolute Gasteiger partial charge is 0.317 e. The maximum Gasteiger partial charge on any atom is 0.170 e. The van der Waals surface area contributed by atoms with Gasteiger partial charge >= 0.3 is 0 Å². The normalized spacial score (nSPS) is 19.4. The first-order valence-electron chi connectivity index (χ1n) is 5.80. The molecule has 3 heteroatoms. The molecule has 1 saturated heterocycles. The van der Waals surface area contributed by atoms with Crippen LogP contribution in [0.2, 0.25) is 0 Å². The summed E-state index contributed by atoms with van der Waals surface area (Å²) < 4.78 is 0. The fourth-order valence-corrected chi connectivity index (χ4v) is 2.23. The van der Waals surface area contributed by atoms with Crippen LogP contribution in [-0.2, 0) is 0 Å². The van der Waals surface area contributed by atoms with E-state index in [9.17, 15) is 4.79 Å². The number of carbonyl (C=O) groups excluding carboxylic acids is 1. The van der Waals surface area contributed by atoms with Crippen molar-refractivity contribution in [3.8, 4) is 0 Å². The molecule has 0 aliphatic carbocycles.